The van der Waals surface area contributed by atoms with Gasteiger partial charge in [0.2, 0.25) is 5.89 Å². The maximum absolute atomic E-state index is 12.8. The molecule has 1 aliphatic heterocycles. The number of thioether (sulfide) groups is 1. The number of nitrogens with one attached hydrogen (secondary N) is 1. The van der Waals surface area contributed by atoms with Crippen molar-refractivity contribution < 1.29 is 9.32 Å². The monoisotopic (exact) mass is 400 g/mol. The molecule has 1 N–H and O–H groups in total. The third-order valence-corrected chi connectivity index (χ3v) is 5.81. The molecule has 0 unspecified atom stereocenters. The Labute approximate surface area is 170 Å². The Morgan fingerprint density at radius 1 is 1.32 bits per heavy atom. The highest BCUT2D eigenvalue weighted by Gasteiger charge is 2.21. The van der Waals surface area contributed by atoms with Gasteiger partial charge in [0, 0.05) is 37.5 Å². The van der Waals surface area contributed by atoms with Crippen molar-refractivity contribution in [3.8, 4) is 0 Å². The third kappa shape index (κ3) is 5.94. The number of carbonyl (C=O) groups excluding carboxylic acids is 1. The van der Waals surface area contributed by atoms with Crippen LogP contribution in [0.4, 0.5) is 0 Å². The van der Waals surface area contributed by atoms with Gasteiger partial charge in [-0.1, -0.05) is 28.9 Å². The number of piperidine rings is 1. The highest BCUT2D eigenvalue weighted by molar-refractivity contribution is 7.98. The Bertz CT molecular complexity index is 821. The molecule has 2 aromatic rings. The minimum atomic E-state index is -0.00450. The zero-order chi connectivity index (χ0) is 19.9. The fraction of sp³-hybridized carbons (Fsp3) is 0.476. The quantitative estimate of drug-likeness (QED) is 0.563. The van der Waals surface area contributed by atoms with E-state index < -0.39 is 0 Å². The van der Waals surface area contributed by atoms with Gasteiger partial charge < -0.3 is 9.84 Å². The van der Waals surface area contributed by atoms with Gasteiger partial charge >= 0.3 is 0 Å². The number of rotatable bonds is 7. The maximum atomic E-state index is 12.8. The first kappa shape index (κ1) is 20.6. The molecule has 1 aromatic heterocycles. The molecule has 7 heteroatoms. The van der Waals surface area contributed by atoms with Gasteiger partial charge in [-0.05, 0) is 38.8 Å². The number of likely N-dealkylation sites (tertiary alicyclic amines) is 1. The smallest absolute Gasteiger partial charge is 0.252 e. The fourth-order valence-corrected chi connectivity index (χ4v) is 4.05. The molecule has 0 atom stereocenters. The summed E-state index contributed by atoms with van der Waals surface area (Å²) in [5, 5.41) is 7.13. The third-order valence-electron chi connectivity index (χ3n) is 4.74. The maximum Gasteiger partial charge on any atom is 0.252 e. The SMILES string of the molecule is CC(C)=CCN1CCC(NC(=O)c2ccccc2SCc2noc(C)n2)CC1. The van der Waals surface area contributed by atoms with Crippen LogP contribution in [0.15, 0.2) is 45.3 Å². The highest BCUT2D eigenvalue weighted by atomic mass is 32.2. The van der Waals surface area contributed by atoms with Gasteiger partial charge in [0.15, 0.2) is 5.82 Å². The summed E-state index contributed by atoms with van der Waals surface area (Å²) in [5.74, 6) is 1.76. The number of aryl methyl sites for hydroxylation is 1. The summed E-state index contributed by atoms with van der Waals surface area (Å²) in [6.45, 7) is 9.06. The molecule has 1 aliphatic rings. The van der Waals surface area contributed by atoms with Crippen molar-refractivity contribution in [1.29, 1.82) is 0 Å². The molecule has 0 radical (unpaired) electrons. The Morgan fingerprint density at radius 2 is 2.07 bits per heavy atom. The average molecular weight is 401 g/mol. The second-order valence-corrected chi connectivity index (χ2v) is 8.36. The van der Waals surface area contributed by atoms with Crippen LogP contribution >= 0.6 is 11.8 Å². The van der Waals surface area contributed by atoms with Crippen molar-refractivity contribution in [3.63, 3.8) is 0 Å². The van der Waals surface area contributed by atoms with Crippen LogP contribution in [0.1, 0.15) is 48.8 Å². The molecule has 28 heavy (non-hydrogen) atoms. The molecule has 1 fully saturated rings. The highest BCUT2D eigenvalue weighted by Crippen LogP contribution is 2.26. The first-order valence-corrected chi connectivity index (χ1v) is 10.7. The Hall–Kier alpha value is -2.12. The van der Waals surface area contributed by atoms with Crippen molar-refractivity contribution in [1.82, 2.24) is 20.4 Å². The van der Waals surface area contributed by atoms with E-state index in [4.69, 9.17) is 4.52 Å². The van der Waals surface area contributed by atoms with Gasteiger partial charge in [-0.15, -0.1) is 11.8 Å². The molecule has 0 spiro atoms. The van der Waals surface area contributed by atoms with Gasteiger partial charge in [-0.2, -0.15) is 4.98 Å². The zero-order valence-electron chi connectivity index (χ0n) is 16.8. The van der Waals surface area contributed by atoms with E-state index in [2.05, 4.69) is 40.3 Å². The second kappa shape index (κ2) is 9.89. The van der Waals surface area contributed by atoms with Crippen molar-refractivity contribution in [2.45, 2.75) is 50.3 Å². The van der Waals surface area contributed by atoms with E-state index in [1.54, 1.807) is 18.7 Å². The lowest BCUT2D eigenvalue weighted by atomic mass is 10.0. The van der Waals surface area contributed by atoms with Crippen molar-refractivity contribution in [2.24, 2.45) is 0 Å². The first-order chi connectivity index (χ1) is 13.5. The minimum absolute atomic E-state index is 0.00450. The molecule has 6 nitrogen and oxygen atoms in total. The number of amides is 1. The van der Waals surface area contributed by atoms with E-state index in [1.165, 1.54) is 5.57 Å². The zero-order valence-corrected chi connectivity index (χ0v) is 17.6. The molecule has 1 aromatic carbocycles. The topological polar surface area (TPSA) is 71.3 Å². The van der Waals surface area contributed by atoms with Gasteiger partial charge in [-0.25, -0.2) is 0 Å². The van der Waals surface area contributed by atoms with Gasteiger partial charge in [-0.3, -0.25) is 9.69 Å². The molecule has 150 valence electrons. The molecule has 3 rings (SSSR count). The molecule has 1 saturated heterocycles. The summed E-state index contributed by atoms with van der Waals surface area (Å²) in [6, 6.07) is 7.92. The van der Waals surface area contributed by atoms with Crippen LogP contribution < -0.4 is 5.32 Å². The van der Waals surface area contributed by atoms with E-state index in [9.17, 15) is 4.79 Å². The molecule has 0 aliphatic carbocycles. The molecule has 1 amide bonds. The normalized spacial score (nSPS) is 15.4. The average Bonchev–Trinajstić information content (AvgIpc) is 3.11. The number of nitrogens with zero attached hydrogens (tertiary/aromatic N) is 3. The van der Waals surface area contributed by atoms with Crippen LogP contribution in [0.3, 0.4) is 0 Å². The second-order valence-electron chi connectivity index (χ2n) is 7.34. The van der Waals surface area contributed by atoms with Crippen molar-refractivity contribution >= 4 is 17.7 Å². The summed E-state index contributed by atoms with van der Waals surface area (Å²) in [7, 11) is 0. The van der Waals surface area contributed by atoms with E-state index in [0.717, 1.165) is 37.4 Å². The van der Waals surface area contributed by atoms with E-state index in [0.29, 0.717) is 23.0 Å². The van der Waals surface area contributed by atoms with Crippen LogP contribution in [-0.2, 0) is 5.75 Å². The lowest BCUT2D eigenvalue weighted by molar-refractivity contribution is 0.0911. The minimum Gasteiger partial charge on any atom is -0.349 e. The number of aromatic nitrogens is 2. The van der Waals surface area contributed by atoms with E-state index in [1.807, 2.05) is 24.3 Å². The predicted octanol–water partition coefficient (Wildman–Crippen LogP) is 3.83. The van der Waals surface area contributed by atoms with Gasteiger partial charge in [0.25, 0.3) is 5.91 Å². The van der Waals surface area contributed by atoms with Crippen LogP contribution in [0.25, 0.3) is 0 Å². The summed E-state index contributed by atoms with van der Waals surface area (Å²) in [5.41, 5.74) is 2.06. The summed E-state index contributed by atoms with van der Waals surface area (Å²) < 4.78 is 5.01. The van der Waals surface area contributed by atoms with Crippen LogP contribution in [0.5, 0.6) is 0 Å². The number of hydrogen-bond acceptors (Lipinski definition) is 6. The molecule has 0 saturated carbocycles. The number of hydrogen-bond donors (Lipinski definition) is 1. The van der Waals surface area contributed by atoms with Crippen LogP contribution in [0.2, 0.25) is 0 Å². The number of benzene rings is 1. The fourth-order valence-electron chi connectivity index (χ4n) is 3.16. The van der Waals surface area contributed by atoms with E-state index in [-0.39, 0.29) is 11.9 Å². The molecule has 2 heterocycles. The predicted molar refractivity (Wildman–Crippen MR) is 111 cm³/mol. The Balaban J connectivity index is 1.54. The lowest BCUT2D eigenvalue weighted by Gasteiger charge is -2.31. The summed E-state index contributed by atoms with van der Waals surface area (Å²) >= 11 is 1.55. The van der Waals surface area contributed by atoms with E-state index >= 15 is 0 Å². The van der Waals surface area contributed by atoms with Crippen molar-refractivity contribution in [2.75, 3.05) is 19.6 Å². The van der Waals surface area contributed by atoms with Gasteiger partial charge in [0.05, 0.1) is 11.3 Å². The van der Waals surface area contributed by atoms with Crippen LogP contribution in [-0.4, -0.2) is 46.6 Å². The Kier molecular flexibility index (Phi) is 7.28. The van der Waals surface area contributed by atoms with Crippen LogP contribution in [0, 0.1) is 6.92 Å². The molecular weight excluding hydrogens is 372 g/mol. The molecular formula is C21H28N4O2S. The standard InChI is InChI=1S/C21H28N4O2S/c1-15(2)8-11-25-12-9-17(10-13-25)23-21(26)18-6-4-5-7-19(18)28-14-20-22-16(3)27-24-20/h4-8,17H,9-14H2,1-3H3,(H,23,26). The number of carbonyl (C=O) groups is 1. The largest absolute Gasteiger partial charge is 0.349 e. The summed E-state index contributed by atoms with van der Waals surface area (Å²) in [4.78, 5) is 20.4. The van der Waals surface area contributed by atoms with Crippen molar-refractivity contribution in [3.05, 3.63) is 53.2 Å². The number of allylic oxidation sites excluding steroid dienone is 1. The van der Waals surface area contributed by atoms with Gasteiger partial charge in [0.1, 0.15) is 0 Å². The summed E-state index contributed by atoms with van der Waals surface area (Å²) in [6.07, 6.45) is 4.23. The first-order valence-electron chi connectivity index (χ1n) is 9.69. The molecule has 0 bridgehead atoms. The lowest BCUT2D eigenvalue weighted by Crippen LogP contribution is -2.44. The Morgan fingerprint density at radius 3 is 2.75 bits per heavy atom.